The summed E-state index contributed by atoms with van der Waals surface area (Å²) in [5.74, 6) is 0.113. The lowest BCUT2D eigenvalue weighted by Crippen LogP contribution is -2.34. The number of halogens is 1. The predicted octanol–water partition coefficient (Wildman–Crippen LogP) is 2.18. The van der Waals surface area contributed by atoms with E-state index in [0.29, 0.717) is 30.3 Å². The van der Waals surface area contributed by atoms with Crippen LogP contribution in [-0.2, 0) is 0 Å². The number of amides is 1. The Morgan fingerprint density at radius 3 is 2.74 bits per heavy atom. The molecule has 1 amide bonds. The first-order valence-corrected chi connectivity index (χ1v) is 8.21. The summed E-state index contributed by atoms with van der Waals surface area (Å²) < 4.78 is 5.17. The molecule has 0 spiro atoms. The normalized spacial score (nSPS) is 14.6. The third kappa shape index (κ3) is 4.49. The molecule has 0 aliphatic carbocycles. The van der Waals surface area contributed by atoms with Crippen molar-refractivity contribution in [3.63, 3.8) is 0 Å². The minimum Gasteiger partial charge on any atom is -0.495 e. The highest BCUT2D eigenvalue weighted by molar-refractivity contribution is 7.98. The van der Waals surface area contributed by atoms with E-state index in [4.69, 9.17) is 4.74 Å². The maximum atomic E-state index is 12.7. The van der Waals surface area contributed by atoms with Gasteiger partial charge in [0.1, 0.15) is 11.3 Å². The van der Waals surface area contributed by atoms with Gasteiger partial charge < -0.3 is 15.0 Å². The zero-order chi connectivity index (χ0) is 16.1. The number of ether oxygens (including phenoxy) is 1. The van der Waals surface area contributed by atoms with Gasteiger partial charge in [-0.25, -0.2) is 0 Å². The van der Waals surface area contributed by atoms with Crippen molar-refractivity contribution < 1.29 is 14.5 Å². The summed E-state index contributed by atoms with van der Waals surface area (Å²) in [5.41, 5.74) is -0.0890. The third-order valence-corrected chi connectivity index (χ3v) is 4.32. The van der Waals surface area contributed by atoms with Crippen LogP contribution < -0.4 is 10.1 Å². The molecule has 0 radical (unpaired) electrons. The van der Waals surface area contributed by atoms with Crippen molar-refractivity contribution in [2.75, 3.05) is 39.5 Å². The van der Waals surface area contributed by atoms with Gasteiger partial charge in [0.15, 0.2) is 0 Å². The quantitative estimate of drug-likeness (QED) is 0.502. The third-order valence-electron chi connectivity index (χ3n) is 3.56. The van der Waals surface area contributed by atoms with Crippen LogP contribution in [0.25, 0.3) is 0 Å². The van der Waals surface area contributed by atoms with E-state index in [1.165, 1.54) is 24.9 Å². The van der Waals surface area contributed by atoms with Crippen molar-refractivity contribution in [3.05, 3.63) is 27.8 Å². The van der Waals surface area contributed by atoms with Crippen LogP contribution in [0.15, 0.2) is 17.0 Å². The van der Waals surface area contributed by atoms with E-state index in [0.717, 1.165) is 13.0 Å². The highest BCUT2D eigenvalue weighted by atomic mass is 35.5. The number of hydrogen-bond donors (Lipinski definition) is 1. The van der Waals surface area contributed by atoms with E-state index >= 15 is 0 Å². The van der Waals surface area contributed by atoms with Gasteiger partial charge in [-0.2, -0.15) is 0 Å². The fraction of sp³-hybridized carbons (Fsp3) is 0.500. The number of rotatable bonds is 4. The smallest absolute Gasteiger partial charge is 0.285 e. The Labute approximate surface area is 145 Å². The highest BCUT2D eigenvalue weighted by Gasteiger charge is 2.27. The second-order valence-electron chi connectivity index (χ2n) is 4.88. The van der Waals surface area contributed by atoms with Gasteiger partial charge in [-0.3, -0.25) is 14.9 Å². The van der Waals surface area contributed by atoms with Gasteiger partial charge >= 0.3 is 0 Å². The number of carbonyl (C=O) groups excluding carboxylic acids is 1. The van der Waals surface area contributed by atoms with Crippen LogP contribution in [0, 0.1) is 10.1 Å². The average Bonchev–Trinajstić information content (AvgIpc) is 2.81. The molecule has 23 heavy (non-hydrogen) atoms. The lowest BCUT2D eigenvalue weighted by Gasteiger charge is -2.20. The molecule has 1 N–H and O–H groups in total. The van der Waals surface area contributed by atoms with Crippen molar-refractivity contribution in [1.82, 2.24) is 10.2 Å². The van der Waals surface area contributed by atoms with Crippen LogP contribution in [0.2, 0.25) is 0 Å². The van der Waals surface area contributed by atoms with Crippen LogP contribution in [-0.4, -0.2) is 55.3 Å². The number of nitro groups is 1. The largest absolute Gasteiger partial charge is 0.495 e. The number of nitrogens with zero attached hydrogens (tertiary/aromatic N) is 2. The summed E-state index contributed by atoms with van der Waals surface area (Å²) in [7, 11) is 1.46. The monoisotopic (exact) mass is 361 g/mol. The Morgan fingerprint density at radius 1 is 1.39 bits per heavy atom. The molecule has 1 aromatic rings. The molecule has 0 saturated carbocycles. The van der Waals surface area contributed by atoms with Gasteiger partial charge in [-0.1, -0.05) is 0 Å². The van der Waals surface area contributed by atoms with Crippen LogP contribution >= 0.6 is 24.2 Å². The summed E-state index contributed by atoms with van der Waals surface area (Å²) >= 11 is 1.39. The maximum Gasteiger partial charge on any atom is 0.285 e. The van der Waals surface area contributed by atoms with E-state index < -0.39 is 4.92 Å². The molecule has 7 nitrogen and oxygen atoms in total. The number of methoxy groups -OCH3 is 1. The SMILES string of the molecule is COc1cc([N+](=O)[O-])c(C(=O)N2CCCNCC2)cc1SC.Cl. The number of benzene rings is 1. The standard InChI is InChI=1S/C14H19N3O4S.ClH/c1-21-12-9-11(17(19)20)10(8-13(12)22-2)14(18)16-6-3-4-15-5-7-16;/h8-9,15H,3-7H2,1-2H3;1H. The Kier molecular flexibility index (Phi) is 7.60. The molecule has 1 aliphatic rings. The number of thioether (sulfide) groups is 1. The summed E-state index contributed by atoms with van der Waals surface area (Å²) in [6.07, 6.45) is 2.68. The second kappa shape index (κ2) is 8.95. The molecule has 0 bridgehead atoms. The molecular formula is C14H20ClN3O4S. The first-order valence-electron chi connectivity index (χ1n) is 6.99. The minimum atomic E-state index is -0.532. The number of carbonyl (C=O) groups is 1. The molecule has 9 heteroatoms. The van der Waals surface area contributed by atoms with E-state index in [2.05, 4.69) is 5.32 Å². The van der Waals surface area contributed by atoms with E-state index in [1.807, 2.05) is 6.26 Å². The molecular weight excluding hydrogens is 342 g/mol. The fourth-order valence-electron chi connectivity index (χ4n) is 2.41. The van der Waals surface area contributed by atoms with E-state index in [9.17, 15) is 14.9 Å². The Morgan fingerprint density at radius 2 is 2.13 bits per heavy atom. The molecule has 1 saturated heterocycles. The molecule has 1 fully saturated rings. The summed E-state index contributed by atoms with van der Waals surface area (Å²) in [6, 6.07) is 2.89. The van der Waals surface area contributed by atoms with Crippen LogP contribution in [0.5, 0.6) is 5.75 Å². The summed E-state index contributed by atoms with van der Waals surface area (Å²) in [5, 5.41) is 14.5. The molecule has 0 unspecified atom stereocenters. The molecule has 128 valence electrons. The van der Waals surface area contributed by atoms with Gasteiger partial charge in [-0.15, -0.1) is 24.2 Å². The van der Waals surface area contributed by atoms with Crippen LogP contribution in [0.4, 0.5) is 5.69 Å². The molecule has 0 aromatic heterocycles. The van der Waals surface area contributed by atoms with E-state index in [1.54, 1.807) is 11.0 Å². The topological polar surface area (TPSA) is 84.7 Å². The molecule has 1 heterocycles. The molecule has 2 rings (SSSR count). The first-order chi connectivity index (χ1) is 10.6. The first kappa shape index (κ1) is 19.5. The van der Waals surface area contributed by atoms with Crippen LogP contribution in [0.1, 0.15) is 16.8 Å². The van der Waals surface area contributed by atoms with Gasteiger partial charge in [0.25, 0.3) is 11.6 Å². The summed E-state index contributed by atoms with van der Waals surface area (Å²) in [6.45, 7) is 2.70. The zero-order valence-electron chi connectivity index (χ0n) is 13.0. The number of hydrogen-bond acceptors (Lipinski definition) is 6. The summed E-state index contributed by atoms with van der Waals surface area (Å²) in [4.78, 5) is 25.8. The van der Waals surface area contributed by atoms with Crippen molar-refractivity contribution in [3.8, 4) is 5.75 Å². The lowest BCUT2D eigenvalue weighted by molar-refractivity contribution is -0.385. The number of nitrogens with one attached hydrogen (secondary N) is 1. The highest BCUT2D eigenvalue weighted by Crippen LogP contribution is 2.35. The van der Waals surface area contributed by atoms with Gasteiger partial charge in [0.05, 0.1) is 23.0 Å². The van der Waals surface area contributed by atoms with Gasteiger partial charge in [0.2, 0.25) is 0 Å². The van der Waals surface area contributed by atoms with Gasteiger partial charge in [-0.05, 0) is 25.3 Å². The Bertz CT molecular complexity index is 577. The van der Waals surface area contributed by atoms with Gasteiger partial charge in [0, 0.05) is 19.6 Å². The molecule has 1 aromatic carbocycles. The number of nitro benzene ring substituents is 1. The molecule has 1 aliphatic heterocycles. The van der Waals surface area contributed by atoms with Crippen molar-refractivity contribution in [2.45, 2.75) is 11.3 Å². The lowest BCUT2D eigenvalue weighted by atomic mass is 10.1. The minimum absolute atomic E-state index is 0. The van der Waals surface area contributed by atoms with Crippen molar-refractivity contribution >= 4 is 35.8 Å². The van der Waals surface area contributed by atoms with Crippen molar-refractivity contribution in [1.29, 1.82) is 0 Å². The predicted molar refractivity (Wildman–Crippen MR) is 92.1 cm³/mol. The molecule has 0 atom stereocenters. The fourth-order valence-corrected chi connectivity index (χ4v) is 2.99. The van der Waals surface area contributed by atoms with E-state index in [-0.39, 0.29) is 29.6 Å². The zero-order valence-corrected chi connectivity index (χ0v) is 14.7. The van der Waals surface area contributed by atoms with Crippen molar-refractivity contribution in [2.24, 2.45) is 0 Å². The average molecular weight is 362 g/mol. The Balaban J connectivity index is 0.00000264. The Hall–Kier alpha value is -1.51. The maximum absolute atomic E-state index is 12.7. The van der Waals surface area contributed by atoms with Crippen LogP contribution in [0.3, 0.4) is 0 Å². The second-order valence-corrected chi connectivity index (χ2v) is 5.73.